The van der Waals surface area contributed by atoms with Crippen LogP contribution in [0, 0.1) is 6.92 Å². The van der Waals surface area contributed by atoms with E-state index in [9.17, 15) is 8.42 Å². The number of hydrogen-bond acceptors (Lipinski definition) is 2. The fourth-order valence-corrected chi connectivity index (χ4v) is 3.91. The van der Waals surface area contributed by atoms with Gasteiger partial charge in [0.05, 0.1) is 4.90 Å². The maximum Gasteiger partial charge on any atom is 0.287 e. The normalized spacial score (nSPS) is 14.9. The van der Waals surface area contributed by atoms with Gasteiger partial charge in [0.25, 0.3) is 10.0 Å². The van der Waals surface area contributed by atoms with Crippen molar-refractivity contribution in [2.24, 2.45) is 3.77 Å². The summed E-state index contributed by atoms with van der Waals surface area (Å²) in [6.45, 7) is 7.89. The fraction of sp³-hybridized carbons (Fsp3) is 0.500. The highest BCUT2D eigenvalue weighted by Gasteiger charge is 2.18. The lowest BCUT2D eigenvalue weighted by molar-refractivity contribution is 0.598. The van der Waals surface area contributed by atoms with E-state index in [4.69, 9.17) is 0 Å². The topological polar surface area (TPSA) is 46.5 Å². The van der Waals surface area contributed by atoms with Crippen molar-refractivity contribution in [1.29, 1.82) is 0 Å². The molecule has 1 aromatic carbocycles. The number of rotatable bonds is 2. The Morgan fingerprint density at radius 1 is 1.12 bits per heavy atom. The van der Waals surface area contributed by atoms with Crippen LogP contribution in [0.5, 0.6) is 0 Å². The van der Waals surface area contributed by atoms with E-state index in [1.165, 1.54) is 0 Å². The molecule has 0 N–H and O–H groups in total. The van der Waals surface area contributed by atoms with Gasteiger partial charge in [0.1, 0.15) is 0 Å². The van der Waals surface area contributed by atoms with E-state index in [-0.39, 0.29) is 9.64 Å². The second-order valence-corrected chi connectivity index (χ2v) is 9.15. The predicted molar refractivity (Wildman–Crippen MR) is 73.8 cm³/mol. The Morgan fingerprint density at radius 2 is 1.59 bits per heavy atom. The van der Waals surface area contributed by atoms with Gasteiger partial charge >= 0.3 is 0 Å². The lowest BCUT2D eigenvalue weighted by Crippen LogP contribution is -2.21. The summed E-state index contributed by atoms with van der Waals surface area (Å²) in [5.41, 5.74) is 1.04. The second kappa shape index (κ2) is 4.90. The second-order valence-electron chi connectivity index (χ2n) is 4.95. The van der Waals surface area contributed by atoms with Crippen molar-refractivity contribution in [2.75, 3.05) is 6.26 Å². The average molecular weight is 273 g/mol. The van der Waals surface area contributed by atoms with E-state index in [1.807, 2.05) is 34.0 Å². The van der Waals surface area contributed by atoms with Crippen molar-refractivity contribution in [2.45, 2.75) is 37.3 Å². The molecule has 0 radical (unpaired) electrons. The third-order valence-corrected chi connectivity index (χ3v) is 6.73. The van der Waals surface area contributed by atoms with Gasteiger partial charge in [0.15, 0.2) is 0 Å². The Morgan fingerprint density at radius 3 is 2.00 bits per heavy atom. The van der Waals surface area contributed by atoms with Crippen LogP contribution in [0.3, 0.4) is 0 Å². The van der Waals surface area contributed by atoms with Gasteiger partial charge in [-0.1, -0.05) is 49.2 Å². The van der Waals surface area contributed by atoms with Crippen LogP contribution in [-0.2, 0) is 20.7 Å². The summed E-state index contributed by atoms with van der Waals surface area (Å²) in [5, 5.41) is 0. The summed E-state index contributed by atoms with van der Waals surface area (Å²) in [7, 11) is -4.05. The smallest absolute Gasteiger partial charge is 0.199 e. The van der Waals surface area contributed by atoms with Crippen molar-refractivity contribution in [3.63, 3.8) is 0 Å². The van der Waals surface area contributed by atoms with Crippen LogP contribution in [0.15, 0.2) is 32.9 Å². The Kier molecular flexibility index (Phi) is 4.15. The average Bonchev–Trinajstić information content (AvgIpc) is 2.16. The number of benzene rings is 1. The minimum Gasteiger partial charge on any atom is -0.199 e. The van der Waals surface area contributed by atoms with Crippen LogP contribution in [0.4, 0.5) is 0 Å². The highest BCUT2D eigenvalue weighted by atomic mass is 32.3. The summed E-state index contributed by atoms with van der Waals surface area (Å²) >= 11 is 0. The molecule has 1 atom stereocenters. The molecule has 0 aromatic heterocycles. The highest BCUT2D eigenvalue weighted by molar-refractivity contribution is 8.00. The summed E-state index contributed by atoms with van der Waals surface area (Å²) in [4.78, 5) is 0.270. The molecule has 0 saturated heterocycles. The zero-order valence-corrected chi connectivity index (χ0v) is 12.5. The fourth-order valence-electron chi connectivity index (χ4n) is 1.01. The Balaban J connectivity index is 3.18. The minimum absolute atomic E-state index is 0.127. The van der Waals surface area contributed by atoms with Crippen molar-refractivity contribution in [3.05, 3.63) is 29.8 Å². The van der Waals surface area contributed by atoms with Crippen molar-refractivity contribution in [1.82, 2.24) is 0 Å². The van der Waals surface area contributed by atoms with E-state index in [1.54, 1.807) is 24.3 Å². The summed E-state index contributed by atoms with van der Waals surface area (Å²) in [6.07, 6.45) is 1.85. The molecule has 0 heterocycles. The molecule has 0 aliphatic heterocycles. The molecule has 17 heavy (non-hydrogen) atoms. The maximum absolute atomic E-state index is 12.0. The quantitative estimate of drug-likeness (QED) is 0.831. The summed E-state index contributed by atoms with van der Waals surface area (Å²) in [5.74, 6) is 0. The Bertz CT molecular complexity index is 523. The molecule has 0 saturated carbocycles. The molecule has 1 unspecified atom stereocenters. The van der Waals surface area contributed by atoms with Crippen LogP contribution >= 0.6 is 0 Å². The SMILES string of the molecule is Cc1ccc(S(=O)(=O)N=S(C)C(C)(C)C)cc1. The molecule has 1 rings (SSSR count). The monoisotopic (exact) mass is 273 g/mol. The number of sulfonamides is 1. The van der Waals surface area contributed by atoms with E-state index in [2.05, 4.69) is 3.77 Å². The first kappa shape index (κ1) is 14.4. The first-order chi connectivity index (χ1) is 7.63. The van der Waals surface area contributed by atoms with Crippen molar-refractivity contribution in [3.8, 4) is 0 Å². The van der Waals surface area contributed by atoms with Gasteiger partial charge in [-0.15, -0.1) is 3.77 Å². The number of nitrogens with zero attached hydrogens (tertiary/aromatic N) is 1. The predicted octanol–water partition coefficient (Wildman–Crippen LogP) is 2.91. The standard InChI is InChI=1S/C12H19NO2S2/c1-10-6-8-11(9-7-10)17(14,15)13-16(5)12(2,3)4/h6-9H,1-5H3. The van der Waals surface area contributed by atoms with Gasteiger partial charge in [0, 0.05) is 4.75 Å². The first-order valence-electron chi connectivity index (χ1n) is 5.34. The Labute approximate surface area is 106 Å². The summed E-state index contributed by atoms with van der Waals surface area (Å²) in [6, 6.07) is 6.78. The highest BCUT2D eigenvalue weighted by Crippen LogP contribution is 2.18. The van der Waals surface area contributed by atoms with Gasteiger partial charge in [-0.3, -0.25) is 0 Å². The molecule has 0 fully saturated rings. The van der Waals surface area contributed by atoms with E-state index in [0.717, 1.165) is 5.56 Å². The van der Waals surface area contributed by atoms with Crippen molar-refractivity contribution >= 4 is 20.7 Å². The van der Waals surface area contributed by atoms with Crippen LogP contribution < -0.4 is 0 Å². The molecule has 0 spiro atoms. The molecule has 3 nitrogen and oxygen atoms in total. The van der Waals surface area contributed by atoms with Gasteiger partial charge in [-0.05, 0) is 25.3 Å². The molecule has 0 amide bonds. The molecule has 0 aliphatic rings. The largest absolute Gasteiger partial charge is 0.287 e. The first-order valence-corrected chi connectivity index (χ1v) is 8.37. The number of hydrogen-bond donors (Lipinski definition) is 0. The van der Waals surface area contributed by atoms with Gasteiger partial charge in [-0.25, -0.2) is 0 Å². The lowest BCUT2D eigenvalue weighted by Gasteiger charge is -2.18. The van der Waals surface area contributed by atoms with Crippen LogP contribution in [0.1, 0.15) is 26.3 Å². The zero-order valence-electron chi connectivity index (χ0n) is 10.9. The Hall–Kier alpha value is -0.680. The van der Waals surface area contributed by atoms with Crippen LogP contribution in [0.25, 0.3) is 0 Å². The maximum atomic E-state index is 12.0. The molecule has 0 bridgehead atoms. The van der Waals surface area contributed by atoms with Gasteiger partial charge in [-0.2, -0.15) is 8.42 Å². The zero-order chi connectivity index (χ0) is 13.3. The van der Waals surface area contributed by atoms with E-state index >= 15 is 0 Å². The van der Waals surface area contributed by atoms with Gasteiger partial charge < -0.3 is 0 Å². The van der Waals surface area contributed by atoms with E-state index in [0.29, 0.717) is 0 Å². The summed E-state index contributed by atoms with van der Waals surface area (Å²) < 4.78 is 27.9. The number of aryl methyl sites for hydroxylation is 1. The van der Waals surface area contributed by atoms with Crippen LogP contribution in [0.2, 0.25) is 0 Å². The van der Waals surface area contributed by atoms with Crippen LogP contribution in [-0.4, -0.2) is 19.4 Å². The molecule has 5 heteroatoms. The minimum atomic E-state index is -3.52. The third kappa shape index (κ3) is 3.92. The van der Waals surface area contributed by atoms with Crippen molar-refractivity contribution < 1.29 is 8.42 Å². The lowest BCUT2D eigenvalue weighted by atomic mass is 10.2. The van der Waals surface area contributed by atoms with Gasteiger partial charge in [0.2, 0.25) is 0 Å². The third-order valence-electron chi connectivity index (χ3n) is 2.42. The molecule has 0 aliphatic carbocycles. The molecule has 1 aromatic rings. The van der Waals surface area contributed by atoms with E-state index < -0.39 is 20.7 Å². The molecular weight excluding hydrogens is 254 g/mol. The molecular formula is C12H19NO2S2. The molecule has 96 valence electrons.